The number of methoxy groups -OCH3 is 2. The summed E-state index contributed by atoms with van der Waals surface area (Å²) in [5.41, 5.74) is -0.388. The fourth-order valence-corrected chi connectivity index (χ4v) is 2.65. The Morgan fingerprint density at radius 3 is 2.58 bits per heavy atom. The summed E-state index contributed by atoms with van der Waals surface area (Å²) >= 11 is 1.75. The number of esters is 2. The average Bonchev–Trinajstić information content (AvgIpc) is 2.61. The van der Waals surface area contributed by atoms with E-state index in [4.69, 9.17) is 9.47 Å². The van der Waals surface area contributed by atoms with Crippen molar-refractivity contribution < 1.29 is 28.2 Å². The van der Waals surface area contributed by atoms with Gasteiger partial charge < -0.3 is 19.1 Å². The van der Waals surface area contributed by atoms with Crippen LogP contribution in [-0.2, 0) is 23.8 Å². The lowest BCUT2D eigenvalue weighted by Gasteiger charge is -2.31. The van der Waals surface area contributed by atoms with Gasteiger partial charge in [0.15, 0.2) is 5.82 Å². The number of nitrogens with zero attached hydrogens (tertiary/aromatic N) is 2. The Morgan fingerprint density at radius 2 is 2.00 bits per heavy atom. The summed E-state index contributed by atoms with van der Waals surface area (Å²) in [6.07, 6.45) is 0. The molecule has 1 heterocycles. The second-order valence-electron chi connectivity index (χ2n) is 4.58. The SMILES string of the molecule is COC(=O)C1=C(C(=O)OC)N(c2ccc(I)c(F)c2C#N)COC1. The standard InChI is InChI=1S/C15H12FIN2O5/c1-22-14(20)9-6-24-7-19(13(9)15(21)23-2)11-4-3-10(17)12(16)8(11)5-18/h3-4H,6-7H2,1-2H3. The summed E-state index contributed by atoms with van der Waals surface area (Å²) in [6.45, 7) is -0.317. The van der Waals surface area contributed by atoms with Crippen LogP contribution in [-0.4, -0.2) is 39.5 Å². The predicted molar refractivity (Wildman–Crippen MR) is 88.2 cm³/mol. The lowest BCUT2D eigenvalue weighted by Crippen LogP contribution is -2.39. The molecule has 0 aromatic heterocycles. The topological polar surface area (TPSA) is 88.9 Å². The van der Waals surface area contributed by atoms with E-state index in [9.17, 15) is 19.2 Å². The molecule has 0 aliphatic carbocycles. The highest BCUT2D eigenvalue weighted by atomic mass is 127. The molecule has 1 aromatic rings. The highest BCUT2D eigenvalue weighted by Crippen LogP contribution is 2.32. The summed E-state index contributed by atoms with van der Waals surface area (Å²) < 4.78 is 29.1. The van der Waals surface area contributed by atoms with E-state index in [2.05, 4.69) is 4.74 Å². The van der Waals surface area contributed by atoms with Gasteiger partial charge in [0.25, 0.3) is 0 Å². The van der Waals surface area contributed by atoms with Crippen LogP contribution in [0.15, 0.2) is 23.4 Å². The maximum absolute atomic E-state index is 14.2. The van der Waals surface area contributed by atoms with Crippen molar-refractivity contribution in [3.8, 4) is 6.07 Å². The summed E-state index contributed by atoms with van der Waals surface area (Å²) in [7, 11) is 2.31. The summed E-state index contributed by atoms with van der Waals surface area (Å²) in [4.78, 5) is 25.3. The summed E-state index contributed by atoms with van der Waals surface area (Å²) in [6, 6.07) is 4.69. The molecule has 1 aliphatic rings. The molecule has 2 rings (SSSR count). The fraction of sp³-hybridized carbons (Fsp3) is 0.267. The van der Waals surface area contributed by atoms with Gasteiger partial charge in [-0.05, 0) is 34.7 Å². The molecule has 0 spiro atoms. The fourth-order valence-electron chi connectivity index (χ4n) is 2.21. The Hall–Kier alpha value is -2.19. The maximum Gasteiger partial charge on any atom is 0.355 e. The van der Waals surface area contributed by atoms with Crippen molar-refractivity contribution in [3.63, 3.8) is 0 Å². The van der Waals surface area contributed by atoms with Crippen LogP contribution in [0.1, 0.15) is 5.56 Å². The molecule has 24 heavy (non-hydrogen) atoms. The first kappa shape index (κ1) is 18.2. The van der Waals surface area contributed by atoms with Crippen molar-refractivity contribution >= 4 is 40.2 Å². The number of ether oxygens (including phenoxy) is 3. The van der Waals surface area contributed by atoms with Gasteiger partial charge in [-0.15, -0.1) is 0 Å². The molecule has 0 atom stereocenters. The van der Waals surface area contributed by atoms with Crippen LogP contribution in [0.4, 0.5) is 10.1 Å². The monoisotopic (exact) mass is 446 g/mol. The van der Waals surface area contributed by atoms with Gasteiger partial charge in [-0.2, -0.15) is 5.26 Å². The zero-order valence-corrected chi connectivity index (χ0v) is 14.9. The van der Waals surface area contributed by atoms with Crippen LogP contribution in [0.25, 0.3) is 0 Å². The van der Waals surface area contributed by atoms with Crippen molar-refractivity contribution in [1.82, 2.24) is 0 Å². The van der Waals surface area contributed by atoms with Gasteiger partial charge in [0, 0.05) is 0 Å². The van der Waals surface area contributed by atoms with E-state index in [1.807, 2.05) is 0 Å². The molecule has 9 heteroatoms. The number of anilines is 1. The zero-order chi connectivity index (χ0) is 17.9. The molecule has 126 valence electrons. The third-order valence-electron chi connectivity index (χ3n) is 3.31. The van der Waals surface area contributed by atoms with Gasteiger partial charge in [0.1, 0.15) is 24.1 Å². The number of nitriles is 1. The Morgan fingerprint density at radius 1 is 1.33 bits per heavy atom. The maximum atomic E-state index is 14.2. The minimum Gasteiger partial charge on any atom is -0.466 e. The van der Waals surface area contributed by atoms with Crippen molar-refractivity contribution in [2.45, 2.75) is 0 Å². The van der Waals surface area contributed by atoms with E-state index in [-0.39, 0.29) is 39.4 Å². The Bertz CT molecular complexity index is 772. The number of hydrogen-bond donors (Lipinski definition) is 0. The quantitative estimate of drug-likeness (QED) is 0.516. The molecule has 1 aromatic carbocycles. The third-order valence-corrected chi connectivity index (χ3v) is 4.14. The van der Waals surface area contributed by atoms with Crippen LogP contribution in [0.3, 0.4) is 0 Å². The van der Waals surface area contributed by atoms with Crippen LogP contribution in [0, 0.1) is 20.7 Å². The molecule has 0 fully saturated rings. The van der Waals surface area contributed by atoms with Crippen molar-refractivity contribution in [3.05, 3.63) is 38.4 Å². The molecular weight excluding hydrogens is 434 g/mol. The minimum absolute atomic E-state index is 0.0709. The molecule has 0 saturated heterocycles. The second-order valence-corrected chi connectivity index (χ2v) is 5.75. The Kier molecular flexibility index (Phi) is 5.74. The van der Waals surface area contributed by atoms with E-state index in [0.717, 1.165) is 14.2 Å². The van der Waals surface area contributed by atoms with Crippen LogP contribution in [0.5, 0.6) is 0 Å². The van der Waals surface area contributed by atoms with E-state index in [1.165, 1.54) is 17.0 Å². The number of carbonyl (C=O) groups is 2. The van der Waals surface area contributed by atoms with Crippen LogP contribution in [0.2, 0.25) is 0 Å². The average molecular weight is 446 g/mol. The first-order valence-electron chi connectivity index (χ1n) is 6.59. The summed E-state index contributed by atoms with van der Waals surface area (Å²) in [5, 5.41) is 9.27. The van der Waals surface area contributed by atoms with E-state index >= 15 is 0 Å². The van der Waals surface area contributed by atoms with Crippen LogP contribution < -0.4 is 4.90 Å². The largest absolute Gasteiger partial charge is 0.466 e. The molecule has 0 saturated carbocycles. The molecule has 0 unspecified atom stereocenters. The molecule has 7 nitrogen and oxygen atoms in total. The first-order valence-corrected chi connectivity index (χ1v) is 7.67. The molecular formula is C15H12FIN2O5. The minimum atomic E-state index is -0.818. The van der Waals surface area contributed by atoms with Gasteiger partial charge >= 0.3 is 11.9 Å². The zero-order valence-electron chi connectivity index (χ0n) is 12.8. The summed E-state index contributed by atoms with van der Waals surface area (Å²) in [5.74, 6) is -2.31. The van der Waals surface area contributed by atoms with Gasteiger partial charge in [-0.1, -0.05) is 0 Å². The predicted octanol–water partition coefficient (Wildman–Crippen LogP) is 1.70. The number of hydrogen-bond acceptors (Lipinski definition) is 7. The van der Waals surface area contributed by atoms with E-state index < -0.39 is 17.8 Å². The molecule has 0 bridgehead atoms. The van der Waals surface area contributed by atoms with Crippen molar-refractivity contribution in [1.29, 1.82) is 5.26 Å². The molecule has 0 radical (unpaired) electrons. The molecule has 0 amide bonds. The van der Waals surface area contributed by atoms with E-state index in [0.29, 0.717) is 0 Å². The lowest BCUT2D eigenvalue weighted by molar-refractivity contribution is -0.140. The van der Waals surface area contributed by atoms with Crippen molar-refractivity contribution in [2.24, 2.45) is 0 Å². The highest BCUT2D eigenvalue weighted by Gasteiger charge is 2.34. The Balaban J connectivity index is 2.69. The third kappa shape index (κ3) is 3.20. The normalized spacial score (nSPS) is 14.2. The number of benzene rings is 1. The lowest BCUT2D eigenvalue weighted by atomic mass is 10.1. The highest BCUT2D eigenvalue weighted by molar-refractivity contribution is 14.1. The second kappa shape index (κ2) is 7.59. The number of carbonyl (C=O) groups excluding carboxylic acids is 2. The smallest absolute Gasteiger partial charge is 0.355 e. The van der Waals surface area contributed by atoms with Gasteiger partial charge in [-0.25, -0.2) is 14.0 Å². The van der Waals surface area contributed by atoms with E-state index in [1.54, 1.807) is 28.7 Å². The van der Waals surface area contributed by atoms with Crippen LogP contribution >= 0.6 is 22.6 Å². The van der Waals surface area contributed by atoms with Gasteiger partial charge in [0.2, 0.25) is 0 Å². The van der Waals surface area contributed by atoms with Gasteiger partial charge in [0.05, 0.1) is 35.7 Å². The molecule has 1 aliphatic heterocycles. The Labute approximate surface area is 150 Å². The van der Waals surface area contributed by atoms with Crippen molar-refractivity contribution in [2.75, 3.05) is 32.5 Å². The van der Waals surface area contributed by atoms with Gasteiger partial charge in [-0.3, -0.25) is 0 Å². The first-order chi connectivity index (χ1) is 11.5. The number of rotatable bonds is 3. The molecule has 0 N–H and O–H groups in total. The number of halogens is 2.